The number of nitrogens with zero attached hydrogens (tertiary/aromatic N) is 2. The molecule has 1 aromatic heterocycles. The summed E-state index contributed by atoms with van der Waals surface area (Å²) in [4.78, 5) is 4.36. The first kappa shape index (κ1) is 15.8. The fourth-order valence-electron chi connectivity index (χ4n) is 2.87. The normalized spacial score (nSPS) is 17.1. The average molecular weight is 317 g/mol. The predicted octanol–water partition coefficient (Wildman–Crippen LogP) is 2.95. The topological polar surface area (TPSA) is 80.4 Å². The molecule has 1 aliphatic carbocycles. The standard InChI is InChI=1S/C17H23N3O3/c1-11(2)14(21)17(7-8-17)10-18-16-19-15(20-23-16)12-5-4-6-13(9-12)22-3/h4-6,9,11,14,21H,7-8,10H2,1-3H3,(H,18,19,20)/t14-/m1/s1. The van der Waals surface area contributed by atoms with E-state index in [0.717, 1.165) is 24.2 Å². The van der Waals surface area contributed by atoms with Crippen LogP contribution in [0.5, 0.6) is 5.75 Å². The van der Waals surface area contributed by atoms with Gasteiger partial charge in [-0.1, -0.05) is 31.1 Å². The first-order chi connectivity index (χ1) is 11.0. The van der Waals surface area contributed by atoms with Crippen molar-refractivity contribution in [2.45, 2.75) is 32.8 Å². The Balaban J connectivity index is 1.66. The van der Waals surface area contributed by atoms with E-state index in [2.05, 4.69) is 15.5 Å². The molecule has 1 heterocycles. The molecule has 1 atom stereocenters. The number of hydrogen-bond donors (Lipinski definition) is 2. The molecule has 2 N–H and O–H groups in total. The van der Waals surface area contributed by atoms with E-state index in [1.807, 2.05) is 38.1 Å². The van der Waals surface area contributed by atoms with Gasteiger partial charge in [-0.05, 0) is 30.9 Å². The van der Waals surface area contributed by atoms with Gasteiger partial charge in [0.15, 0.2) is 0 Å². The Labute approximate surface area is 135 Å². The van der Waals surface area contributed by atoms with Gasteiger partial charge >= 0.3 is 6.01 Å². The number of nitrogens with one attached hydrogen (secondary N) is 1. The monoisotopic (exact) mass is 317 g/mol. The molecule has 1 aliphatic rings. The number of methoxy groups -OCH3 is 1. The minimum Gasteiger partial charge on any atom is -0.497 e. The zero-order valence-corrected chi connectivity index (χ0v) is 13.7. The van der Waals surface area contributed by atoms with Crippen molar-refractivity contribution in [1.29, 1.82) is 0 Å². The molecule has 1 fully saturated rings. The second-order valence-electron chi connectivity index (χ2n) is 6.56. The van der Waals surface area contributed by atoms with Gasteiger partial charge in [-0.2, -0.15) is 4.98 Å². The van der Waals surface area contributed by atoms with Crippen molar-refractivity contribution in [1.82, 2.24) is 10.1 Å². The van der Waals surface area contributed by atoms with Crippen molar-refractivity contribution in [2.75, 3.05) is 19.0 Å². The summed E-state index contributed by atoms with van der Waals surface area (Å²) in [6.07, 6.45) is 1.74. The van der Waals surface area contributed by atoms with Crippen molar-refractivity contribution in [3.8, 4) is 17.1 Å². The fourth-order valence-corrected chi connectivity index (χ4v) is 2.87. The Hall–Kier alpha value is -2.08. The SMILES string of the molecule is COc1cccc(-c2noc(NCC3([C@H](O)C(C)C)CC3)n2)c1. The number of aromatic nitrogens is 2. The van der Waals surface area contributed by atoms with Crippen molar-refractivity contribution in [3.05, 3.63) is 24.3 Å². The maximum atomic E-state index is 10.3. The third-order valence-corrected chi connectivity index (χ3v) is 4.50. The molecule has 6 heteroatoms. The van der Waals surface area contributed by atoms with Crippen LogP contribution in [-0.2, 0) is 0 Å². The van der Waals surface area contributed by atoms with E-state index in [-0.39, 0.29) is 17.4 Å². The Kier molecular flexibility index (Phi) is 4.26. The highest BCUT2D eigenvalue weighted by Gasteiger charge is 2.49. The Morgan fingerprint density at radius 3 is 2.83 bits per heavy atom. The Bertz CT molecular complexity index is 665. The van der Waals surface area contributed by atoms with Crippen LogP contribution < -0.4 is 10.1 Å². The van der Waals surface area contributed by atoms with Crippen LogP contribution in [0.2, 0.25) is 0 Å². The van der Waals surface area contributed by atoms with Gasteiger partial charge in [0.25, 0.3) is 0 Å². The van der Waals surface area contributed by atoms with E-state index < -0.39 is 0 Å². The summed E-state index contributed by atoms with van der Waals surface area (Å²) < 4.78 is 10.5. The summed E-state index contributed by atoms with van der Waals surface area (Å²) in [6.45, 7) is 4.72. The molecular weight excluding hydrogens is 294 g/mol. The number of hydrogen-bond acceptors (Lipinski definition) is 6. The smallest absolute Gasteiger partial charge is 0.321 e. The van der Waals surface area contributed by atoms with E-state index >= 15 is 0 Å². The lowest BCUT2D eigenvalue weighted by molar-refractivity contribution is 0.0564. The molecule has 6 nitrogen and oxygen atoms in total. The summed E-state index contributed by atoms with van der Waals surface area (Å²) in [6, 6.07) is 7.90. The summed E-state index contributed by atoms with van der Waals surface area (Å²) >= 11 is 0. The molecule has 0 aliphatic heterocycles. The van der Waals surface area contributed by atoms with Crippen LogP contribution in [0.3, 0.4) is 0 Å². The minimum atomic E-state index is -0.309. The summed E-state index contributed by atoms with van der Waals surface area (Å²) in [5.74, 6) is 1.51. The van der Waals surface area contributed by atoms with Crippen LogP contribution in [0.1, 0.15) is 26.7 Å². The highest BCUT2D eigenvalue weighted by molar-refractivity contribution is 5.57. The molecular formula is C17H23N3O3. The van der Waals surface area contributed by atoms with Gasteiger partial charge in [-0.25, -0.2) is 0 Å². The van der Waals surface area contributed by atoms with Crippen molar-refractivity contribution >= 4 is 6.01 Å². The summed E-state index contributed by atoms with van der Waals surface area (Å²) in [7, 11) is 1.62. The molecule has 23 heavy (non-hydrogen) atoms. The number of anilines is 1. The lowest BCUT2D eigenvalue weighted by atomic mass is 9.90. The maximum Gasteiger partial charge on any atom is 0.321 e. The van der Waals surface area contributed by atoms with Crippen LogP contribution in [-0.4, -0.2) is 35.0 Å². The molecule has 0 amide bonds. The summed E-state index contributed by atoms with van der Waals surface area (Å²) in [5.41, 5.74) is 0.781. The predicted molar refractivity (Wildman–Crippen MR) is 87.3 cm³/mol. The highest BCUT2D eigenvalue weighted by atomic mass is 16.5. The second kappa shape index (κ2) is 6.20. The average Bonchev–Trinajstić information content (AvgIpc) is 3.21. The van der Waals surface area contributed by atoms with Crippen molar-refractivity contribution in [3.63, 3.8) is 0 Å². The van der Waals surface area contributed by atoms with Gasteiger partial charge in [0.05, 0.1) is 13.2 Å². The van der Waals surface area contributed by atoms with Gasteiger partial charge in [0.1, 0.15) is 5.75 Å². The van der Waals surface area contributed by atoms with Gasteiger partial charge < -0.3 is 19.7 Å². The first-order valence-corrected chi connectivity index (χ1v) is 7.94. The van der Waals surface area contributed by atoms with Crippen LogP contribution >= 0.6 is 0 Å². The van der Waals surface area contributed by atoms with Crippen molar-refractivity contribution in [2.24, 2.45) is 11.3 Å². The Morgan fingerprint density at radius 1 is 1.39 bits per heavy atom. The van der Waals surface area contributed by atoms with E-state index in [1.165, 1.54) is 0 Å². The minimum absolute atomic E-state index is 0.0568. The third-order valence-electron chi connectivity index (χ3n) is 4.50. The zero-order chi connectivity index (χ0) is 16.4. The van der Waals surface area contributed by atoms with Gasteiger partial charge in [-0.3, -0.25) is 0 Å². The van der Waals surface area contributed by atoms with Gasteiger partial charge in [0.2, 0.25) is 5.82 Å². The molecule has 1 aromatic carbocycles. The molecule has 0 radical (unpaired) electrons. The number of ether oxygens (including phenoxy) is 1. The molecule has 0 spiro atoms. The third kappa shape index (κ3) is 3.32. The molecule has 2 aromatic rings. The fraction of sp³-hybridized carbons (Fsp3) is 0.529. The summed E-state index contributed by atoms with van der Waals surface area (Å²) in [5, 5.41) is 17.5. The van der Waals surface area contributed by atoms with Crippen molar-refractivity contribution < 1.29 is 14.4 Å². The van der Waals surface area contributed by atoms with E-state index in [1.54, 1.807) is 7.11 Å². The van der Waals surface area contributed by atoms with Crippen LogP contribution in [0, 0.1) is 11.3 Å². The van der Waals surface area contributed by atoms with Gasteiger partial charge in [-0.15, -0.1) is 0 Å². The van der Waals surface area contributed by atoms with E-state index in [4.69, 9.17) is 9.26 Å². The largest absolute Gasteiger partial charge is 0.497 e. The lowest BCUT2D eigenvalue weighted by Crippen LogP contribution is -2.33. The molecule has 0 bridgehead atoms. The second-order valence-corrected chi connectivity index (χ2v) is 6.56. The zero-order valence-electron chi connectivity index (χ0n) is 13.7. The number of rotatable bonds is 7. The molecule has 1 saturated carbocycles. The Morgan fingerprint density at radius 2 is 2.17 bits per heavy atom. The molecule has 0 unspecified atom stereocenters. The first-order valence-electron chi connectivity index (χ1n) is 7.94. The van der Waals surface area contributed by atoms with Gasteiger partial charge in [0, 0.05) is 17.5 Å². The molecule has 124 valence electrons. The quantitative estimate of drug-likeness (QED) is 0.817. The van der Waals surface area contributed by atoms with Crippen LogP contribution in [0.25, 0.3) is 11.4 Å². The van der Waals surface area contributed by atoms with Crippen LogP contribution in [0.15, 0.2) is 28.8 Å². The molecule has 0 saturated heterocycles. The van der Waals surface area contributed by atoms with E-state index in [0.29, 0.717) is 18.4 Å². The maximum absolute atomic E-state index is 10.3. The van der Waals surface area contributed by atoms with Crippen LogP contribution in [0.4, 0.5) is 6.01 Å². The number of aliphatic hydroxyl groups is 1. The number of aliphatic hydroxyl groups excluding tert-OH is 1. The van der Waals surface area contributed by atoms with E-state index in [9.17, 15) is 5.11 Å². The highest BCUT2D eigenvalue weighted by Crippen LogP contribution is 2.50. The molecule has 3 rings (SSSR count). The lowest BCUT2D eigenvalue weighted by Gasteiger charge is -2.25. The number of benzene rings is 1.